The van der Waals surface area contributed by atoms with E-state index in [1.807, 2.05) is 30.3 Å². The van der Waals surface area contributed by atoms with Gasteiger partial charge in [-0.25, -0.2) is 0 Å². The second-order valence-electron chi connectivity index (χ2n) is 10.1. The number of carbonyl (C=O) groups excluding carboxylic acids is 1. The zero-order valence-corrected chi connectivity index (χ0v) is 20.3. The molecule has 0 aromatic heterocycles. The zero-order valence-electron chi connectivity index (χ0n) is 20.3. The Labute approximate surface area is 211 Å². The highest BCUT2D eigenvalue weighted by Gasteiger charge is 2.31. The van der Waals surface area contributed by atoms with Gasteiger partial charge in [0.15, 0.2) is 5.76 Å². The van der Waals surface area contributed by atoms with Gasteiger partial charge in [0.05, 0.1) is 13.2 Å². The van der Waals surface area contributed by atoms with E-state index < -0.39 is 6.29 Å². The third kappa shape index (κ3) is 4.69. The Bertz CT molecular complexity index is 1290. The Morgan fingerprint density at radius 3 is 2.53 bits per heavy atom. The predicted octanol–water partition coefficient (Wildman–Crippen LogP) is 5.35. The van der Waals surface area contributed by atoms with E-state index in [2.05, 4.69) is 47.8 Å². The number of aliphatic hydroxyl groups is 1. The molecular formula is C31H31NO4. The largest absolute Gasteiger partial charge is 0.459 e. The van der Waals surface area contributed by atoms with Gasteiger partial charge in [0, 0.05) is 18.4 Å². The summed E-state index contributed by atoms with van der Waals surface area (Å²) in [6, 6.07) is 23.2. The fourth-order valence-corrected chi connectivity index (χ4v) is 5.29. The van der Waals surface area contributed by atoms with Crippen LogP contribution in [0.15, 0.2) is 78.6 Å². The fraction of sp³-hybridized carbons (Fsp3) is 0.323. The molecule has 1 fully saturated rings. The van der Waals surface area contributed by atoms with E-state index in [0.717, 1.165) is 36.8 Å². The molecule has 0 radical (unpaired) electrons. The highest BCUT2D eigenvalue weighted by Crippen LogP contribution is 2.40. The molecule has 0 bridgehead atoms. The molecule has 2 aliphatic carbocycles. The van der Waals surface area contributed by atoms with Crippen LogP contribution in [-0.4, -0.2) is 23.3 Å². The first kappa shape index (κ1) is 23.0. The molecule has 184 valence electrons. The smallest absolute Gasteiger partial charge is 0.286 e. The minimum atomic E-state index is -0.523. The summed E-state index contributed by atoms with van der Waals surface area (Å²) in [4.78, 5) is 13.0. The molecule has 3 aliphatic rings. The summed E-state index contributed by atoms with van der Waals surface area (Å²) in [6.45, 7) is 0.394. The summed E-state index contributed by atoms with van der Waals surface area (Å²) in [5.74, 6) is 0.220. The average Bonchev–Trinajstić information content (AvgIpc) is 3.27. The molecule has 3 aromatic carbocycles. The van der Waals surface area contributed by atoms with E-state index in [0.29, 0.717) is 18.8 Å². The van der Waals surface area contributed by atoms with Crippen molar-refractivity contribution in [3.8, 4) is 11.1 Å². The van der Waals surface area contributed by atoms with Crippen LogP contribution in [0.3, 0.4) is 0 Å². The molecular weight excluding hydrogens is 450 g/mol. The number of benzene rings is 3. The molecule has 2 N–H and O–H groups in total. The van der Waals surface area contributed by atoms with Gasteiger partial charge in [-0.1, -0.05) is 66.7 Å². The molecule has 5 nitrogen and oxygen atoms in total. The van der Waals surface area contributed by atoms with E-state index >= 15 is 0 Å². The van der Waals surface area contributed by atoms with Crippen molar-refractivity contribution in [2.75, 3.05) is 0 Å². The second-order valence-corrected chi connectivity index (χ2v) is 10.1. The summed E-state index contributed by atoms with van der Waals surface area (Å²) >= 11 is 0. The maximum absolute atomic E-state index is 13.0. The second kappa shape index (κ2) is 9.92. The number of rotatable bonds is 7. The lowest BCUT2D eigenvalue weighted by atomic mass is 9.90. The molecule has 1 aliphatic heterocycles. The highest BCUT2D eigenvalue weighted by molar-refractivity contribution is 5.92. The van der Waals surface area contributed by atoms with E-state index in [-0.39, 0.29) is 24.5 Å². The Balaban J connectivity index is 1.22. The van der Waals surface area contributed by atoms with Gasteiger partial charge in [0.25, 0.3) is 5.91 Å². The molecule has 0 unspecified atom stereocenters. The number of aliphatic hydroxyl groups excluding tert-OH is 1. The average molecular weight is 482 g/mol. The maximum Gasteiger partial charge on any atom is 0.286 e. The van der Waals surface area contributed by atoms with Gasteiger partial charge in [0.2, 0.25) is 6.29 Å². The Kier molecular flexibility index (Phi) is 6.34. The van der Waals surface area contributed by atoms with Crippen molar-refractivity contribution in [1.82, 2.24) is 5.32 Å². The van der Waals surface area contributed by atoms with Gasteiger partial charge in [-0.2, -0.15) is 0 Å². The van der Waals surface area contributed by atoms with Crippen LogP contribution in [0.2, 0.25) is 0 Å². The number of amides is 1. The van der Waals surface area contributed by atoms with Crippen LogP contribution in [-0.2, 0) is 33.9 Å². The SMILES string of the molecule is O=C(NC1CCC1)C1=C[C@@H](c2ccc3c(c2)Cc2ccccc2-3)C[C@@H](OCc2ccc(CO)cc2)O1. The van der Waals surface area contributed by atoms with Crippen LogP contribution >= 0.6 is 0 Å². The Hall–Kier alpha value is -3.41. The number of ether oxygens (including phenoxy) is 2. The first-order valence-electron chi connectivity index (χ1n) is 12.9. The summed E-state index contributed by atoms with van der Waals surface area (Å²) in [7, 11) is 0. The molecule has 1 saturated carbocycles. The third-order valence-electron chi connectivity index (χ3n) is 7.61. The number of hydrogen-bond donors (Lipinski definition) is 2. The number of allylic oxidation sites excluding steroid dienone is 1. The number of hydrogen-bond acceptors (Lipinski definition) is 4. The molecule has 0 saturated heterocycles. The summed E-state index contributed by atoms with van der Waals surface area (Å²) in [6.07, 6.45) is 6.23. The number of fused-ring (bicyclic) bond motifs is 3. The Morgan fingerprint density at radius 2 is 1.75 bits per heavy atom. The van der Waals surface area contributed by atoms with Crippen LogP contribution in [0, 0.1) is 0 Å². The molecule has 6 rings (SSSR count). The summed E-state index contributed by atoms with van der Waals surface area (Å²) < 4.78 is 12.2. The van der Waals surface area contributed by atoms with Gasteiger partial charge < -0.3 is 19.9 Å². The standard InChI is InChI=1S/C31H31NO4/c33-18-20-8-10-21(11-9-20)19-35-30-17-24(16-29(36-30)31(34)32-26-5-3-6-26)22-12-13-28-25(14-22)15-23-4-1-2-7-27(23)28/h1-2,4,7-14,16,24,26,30,33H,3,5-6,15,17-19H2,(H,32,34)/t24-,30+/m1/s1. The van der Waals surface area contributed by atoms with Crippen molar-refractivity contribution < 1.29 is 19.4 Å². The molecule has 1 heterocycles. The first-order valence-corrected chi connectivity index (χ1v) is 12.9. The van der Waals surface area contributed by atoms with Gasteiger partial charge in [0.1, 0.15) is 0 Å². The van der Waals surface area contributed by atoms with Crippen LogP contribution in [0.4, 0.5) is 0 Å². The van der Waals surface area contributed by atoms with E-state index in [1.165, 1.54) is 27.8 Å². The lowest BCUT2D eigenvalue weighted by Crippen LogP contribution is -2.42. The minimum Gasteiger partial charge on any atom is -0.459 e. The summed E-state index contributed by atoms with van der Waals surface area (Å²) in [5.41, 5.74) is 8.35. The predicted molar refractivity (Wildman–Crippen MR) is 138 cm³/mol. The quantitative estimate of drug-likeness (QED) is 0.373. The van der Waals surface area contributed by atoms with E-state index in [4.69, 9.17) is 9.47 Å². The Morgan fingerprint density at radius 1 is 0.972 bits per heavy atom. The van der Waals surface area contributed by atoms with Gasteiger partial charge in [-0.05, 0) is 70.7 Å². The molecule has 5 heteroatoms. The van der Waals surface area contributed by atoms with E-state index in [9.17, 15) is 9.90 Å². The molecule has 3 aromatic rings. The van der Waals surface area contributed by atoms with Crippen LogP contribution in [0.1, 0.15) is 59.4 Å². The van der Waals surface area contributed by atoms with Crippen molar-refractivity contribution in [3.63, 3.8) is 0 Å². The highest BCUT2D eigenvalue weighted by atomic mass is 16.7. The third-order valence-corrected chi connectivity index (χ3v) is 7.61. The lowest BCUT2D eigenvalue weighted by molar-refractivity contribution is -0.150. The fourth-order valence-electron chi connectivity index (χ4n) is 5.29. The van der Waals surface area contributed by atoms with Gasteiger partial charge in [-0.15, -0.1) is 0 Å². The monoisotopic (exact) mass is 481 g/mol. The zero-order chi connectivity index (χ0) is 24.5. The number of carbonyl (C=O) groups is 1. The van der Waals surface area contributed by atoms with Crippen LogP contribution in [0.5, 0.6) is 0 Å². The lowest BCUT2D eigenvalue weighted by Gasteiger charge is -2.32. The van der Waals surface area contributed by atoms with E-state index in [1.54, 1.807) is 0 Å². The van der Waals surface area contributed by atoms with Crippen molar-refractivity contribution >= 4 is 5.91 Å². The van der Waals surface area contributed by atoms with Gasteiger partial charge >= 0.3 is 0 Å². The normalized spacial score (nSPS) is 20.5. The minimum absolute atomic E-state index is 0.0185. The maximum atomic E-state index is 13.0. The van der Waals surface area contributed by atoms with Gasteiger partial charge in [-0.3, -0.25) is 4.79 Å². The number of nitrogens with one attached hydrogen (secondary N) is 1. The van der Waals surface area contributed by atoms with Crippen LogP contribution < -0.4 is 5.32 Å². The molecule has 2 atom stereocenters. The van der Waals surface area contributed by atoms with Crippen molar-refractivity contribution in [2.24, 2.45) is 0 Å². The first-order chi connectivity index (χ1) is 17.7. The topological polar surface area (TPSA) is 67.8 Å². The van der Waals surface area contributed by atoms with Crippen LogP contribution in [0.25, 0.3) is 11.1 Å². The summed E-state index contributed by atoms with van der Waals surface area (Å²) in [5, 5.41) is 12.4. The molecule has 36 heavy (non-hydrogen) atoms. The van der Waals surface area contributed by atoms with Crippen molar-refractivity contribution in [2.45, 2.75) is 63.6 Å². The molecule has 0 spiro atoms. The van der Waals surface area contributed by atoms with Crippen molar-refractivity contribution in [1.29, 1.82) is 0 Å². The van der Waals surface area contributed by atoms with Crippen molar-refractivity contribution in [3.05, 3.63) is 106 Å². The molecule has 1 amide bonds.